The lowest BCUT2D eigenvalue weighted by Gasteiger charge is -2.40. The smallest absolute Gasteiger partial charge is 0.0221 e. The first-order valence-corrected chi connectivity index (χ1v) is 8.26. The monoisotopic (exact) mass is 266 g/mol. The van der Waals surface area contributed by atoms with Crippen molar-refractivity contribution in [1.29, 1.82) is 0 Å². The average Bonchev–Trinajstić information content (AvgIpc) is 2.91. The minimum atomic E-state index is 0.695. The highest BCUT2D eigenvalue weighted by Gasteiger charge is 2.25. The molecule has 2 heterocycles. The number of piperazine rings is 1. The van der Waals surface area contributed by atoms with E-state index in [1.807, 2.05) is 11.3 Å². The zero-order valence-corrected chi connectivity index (χ0v) is 12.5. The van der Waals surface area contributed by atoms with E-state index in [9.17, 15) is 0 Å². The van der Waals surface area contributed by atoms with Gasteiger partial charge in [0.1, 0.15) is 0 Å². The second-order valence-electron chi connectivity index (χ2n) is 5.33. The van der Waals surface area contributed by atoms with Crippen LogP contribution in [0.25, 0.3) is 0 Å². The van der Waals surface area contributed by atoms with Gasteiger partial charge in [0.15, 0.2) is 0 Å². The lowest BCUT2D eigenvalue weighted by Crippen LogP contribution is -2.56. The van der Waals surface area contributed by atoms with Crippen molar-refractivity contribution in [3.05, 3.63) is 22.4 Å². The maximum absolute atomic E-state index is 3.69. The Bertz CT molecular complexity index is 323. The predicted octanol–water partition coefficient (Wildman–Crippen LogP) is 3.14. The molecule has 1 aliphatic heterocycles. The predicted molar refractivity (Wildman–Crippen MR) is 80.4 cm³/mol. The summed E-state index contributed by atoms with van der Waals surface area (Å²) in [5.74, 6) is 0. The molecule has 3 heteroatoms. The topological polar surface area (TPSA) is 15.3 Å². The van der Waals surface area contributed by atoms with E-state index in [0.29, 0.717) is 6.04 Å². The minimum Gasteiger partial charge on any atom is -0.311 e. The second-order valence-corrected chi connectivity index (χ2v) is 6.11. The molecule has 2 nitrogen and oxygen atoms in total. The van der Waals surface area contributed by atoms with Crippen LogP contribution in [0.3, 0.4) is 0 Å². The van der Waals surface area contributed by atoms with Crippen molar-refractivity contribution in [3.8, 4) is 0 Å². The third-order valence-corrected chi connectivity index (χ3v) is 4.73. The molecule has 0 radical (unpaired) electrons. The molecule has 1 aliphatic rings. The van der Waals surface area contributed by atoms with E-state index in [2.05, 4.69) is 40.9 Å². The molecule has 1 aromatic rings. The third-order valence-electron chi connectivity index (χ3n) is 4.00. The fourth-order valence-corrected chi connectivity index (χ4v) is 3.50. The van der Waals surface area contributed by atoms with E-state index in [4.69, 9.17) is 0 Å². The molecule has 0 bridgehead atoms. The Balaban J connectivity index is 1.87. The number of hydrogen-bond acceptors (Lipinski definition) is 3. The van der Waals surface area contributed by atoms with Gasteiger partial charge in [0.05, 0.1) is 0 Å². The van der Waals surface area contributed by atoms with Crippen LogP contribution in [0.4, 0.5) is 0 Å². The highest BCUT2D eigenvalue weighted by atomic mass is 32.1. The summed E-state index contributed by atoms with van der Waals surface area (Å²) in [7, 11) is 0. The molecule has 2 unspecified atom stereocenters. The molecule has 1 fully saturated rings. The van der Waals surface area contributed by atoms with Gasteiger partial charge >= 0.3 is 0 Å². The van der Waals surface area contributed by atoms with E-state index >= 15 is 0 Å². The molecular formula is C15H26N2S. The number of nitrogens with zero attached hydrogens (tertiary/aromatic N) is 1. The minimum absolute atomic E-state index is 0.695. The van der Waals surface area contributed by atoms with E-state index in [1.54, 1.807) is 0 Å². The Morgan fingerprint density at radius 1 is 1.44 bits per heavy atom. The zero-order valence-electron chi connectivity index (χ0n) is 11.7. The number of thiophene rings is 1. The van der Waals surface area contributed by atoms with Crippen LogP contribution in [-0.4, -0.2) is 36.6 Å². The summed E-state index contributed by atoms with van der Waals surface area (Å²) >= 11 is 1.81. The van der Waals surface area contributed by atoms with Crippen molar-refractivity contribution >= 4 is 11.3 Å². The largest absolute Gasteiger partial charge is 0.311 e. The van der Waals surface area contributed by atoms with Crippen molar-refractivity contribution in [3.63, 3.8) is 0 Å². The second kappa shape index (κ2) is 7.27. The van der Waals surface area contributed by atoms with Crippen molar-refractivity contribution in [2.45, 2.75) is 51.6 Å². The summed E-state index contributed by atoms with van der Waals surface area (Å²) in [5, 5.41) is 8.16. The highest BCUT2D eigenvalue weighted by molar-refractivity contribution is 7.07. The van der Waals surface area contributed by atoms with Gasteiger partial charge in [-0.25, -0.2) is 0 Å². The first kappa shape index (κ1) is 14.0. The molecule has 0 saturated carbocycles. The van der Waals surface area contributed by atoms with Gasteiger partial charge in [0, 0.05) is 31.7 Å². The maximum atomic E-state index is 3.69. The van der Waals surface area contributed by atoms with Crippen molar-refractivity contribution in [2.75, 3.05) is 19.6 Å². The van der Waals surface area contributed by atoms with Crippen LogP contribution in [0.2, 0.25) is 0 Å². The fourth-order valence-electron chi connectivity index (χ4n) is 2.80. The van der Waals surface area contributed by atoms with Gasteiger partial charge in [0.2, 0.25) is 0 Å². The number of nitrogens with one attached hydrogen (secondary N) is 1. The van der Waals surface area contributed by atoms with Crippen LogP contribution in [0, 0.1) is 0 Å². The summed E-state index contributed by atoms with van der Waals surface area (Å²) in [4.78, 5) is 2.71. The molecule has 1 N–H and O–H groups in total. The average molecular weight is 266 g/mol. The zero-order chi connectivity index (χ0) is 12.8. The summed E-state index contributed by atoms with van der Waals surface area (Å²) < 4.78 is 0. The fraction of sp³-hybridized carbons (Fsp3) is 0.733. The summed E-state index contributed by atoms with van der Waals surface area (Å²) in [6.45, 7) is 8.21. The van der Waals surface area contributed by atoms with E-state index < -0.39 is 0 Å². The Hall–Kier alpha value is -0.380. The number of hydrogen-bond donors (Lipinski definition) is 1. The normalized spacial score (nSPS) is 25.4. The van der Waals surface area contributed by atoms with E-state index in [1.165, 1.54) is 50.9 Å². The maximum Gasteiger partial charge on any atom is 0.0221 e. The van der Waals surface area contributed by atoms with Crippen LogP contribution in [0.1, 0.15) is 38.7 Å². The molecule has 1 aromatic heterocycles. The Morgan fingerprint density at radius 2 is 2.33 bits per heavy atom. The molecule has 0 spiro atoms. The lowest BCUT2D eigenvalue weighted by atomic mass is 10.0. The van der Waals surface area contributed by atoms with Gasteiger partial charge in [-0.2, -0.15) is 11.3 Å². The van der Waals surface area contributed by atoms with Crippen molar-refractivity contribution in [2.24, 2.45) is 0 Å². The van der Waals surface area contributed by atoms with Gasteiger partial charge in [-0.3, -0.25) is 4.90 Å². The van der Waals surface area contributed by atoms with Gasteiger partial charge in [-0.05, 0) is 41.7 Å². The van der Waals surface area contributed by atoms with E-state index in [0.717, 1.165) is 6.04 Å². The summed E-state index contributed by atoms with van der Waals surface area (Å²) in [6, 6.07) is 3.70. The number of rotatable bonds is 6. The van der Waals surface area contributed by atoms with Crippen LogP contribution in [-0.2, 0) is 6.42 Å². The molecule has 2 atom stereocenters. The molecule has 102 valence electrons. The first-order chi connectivity index (χ1) is 8.83. The van der Waals surface area contributed by atoms with Crippen molar-refractivity contribution in [1.82, 2.24) is 10.2 Å². The molecule has 0 aliphatic carbocycles. The summed E-state index contributed by atoms with van der Waals surface area (Å²) in [5.41, 5.74) is 1.50. The Labute approximate surface area is 115 Å². The van der Waals surface area contributed by atoms with Crippen LogP contribution in [0.15, 0.2) is 16.8 Å². The van der Waals surface area contributed by atoms with Crippen LogP contribution >= 0.6 is 11.3 Å². The highest BCUT2D eigenvalue weighted by Crippen LogP contribution is 2.15. The van der Waals surface area contributed by atoms with Crippen molar-refractivity contribution < 1.29 is 0 Å². The van der Waals surface area contributed by atoms with Crippen LogP contribution in [0.5, 0.6) is 0 Å². The standard InChI is InChI=1S/C15H26N2S/c1-3-5-15-10-16-14(4-2)11-17(15)8-6-13-7-9-18-12-13/h7,9,12,14-16H,3-6,8,10-11H2,1-2H3. The Kier molecular flexibility index (Phi) is 5.67. The van der Waals surface area contributed by atoms with E-state index in [-0.39, 0.29) is 0 Å². The quantitative estimate of drug-likeness (QED) is 0.851. The van der Waals surface area contributed by atoms with Gasteiger partial charge in [-0.15, -0.1) is 0 Å². The van der Waals surface area contributed by atoms with Crippen LogP contribution < -0.4 is 5.32 Å². The Morgan fingerprint density at radius 3 is 3.00 bits per heavy atom. The molecule has 0 amide bonds. The SMILES string of the molecule is CCCC1CNC(CC)CN1CCc1ccsc1. The summed E-state index contributed by atoms with van der Waals surface area (Å²) in [6.07, 6.45) is 5.07. The van der Waals surface area contributed by atoms with Gasteiger partial charge in [0.25, 0.3) is 0 Å². The first-order valence-electron chi connectivity index (χ1n) is 7.32. The molecule has 18 heavy (non-hydrogen) atoms. The lowest BCUT2D eigenvalue weighted by molar-refractivity contribution is 0.122. The molecular weight excluding hydrogens is 240 g/mol. The van der Waals surface area contributed by atoms with Gasteiger partial charge in [-0.1, -0.05) is 20.3 Å². The molecule has 0 aromatic carbocycles. The van der Waals surface area contributed by atoms with Gasteiger partial charge < -0.3 is 5.32 Å². The third kappa shape index (κ3) is 3.81. The molecule has 1 saturated heterocycles. The molecule has 2 rings (SSSR count).